The third-order valence-corrected chi connectivity index (χ3v) is 5.09. The third kappa shape index (κ3) is 3.06. The second kappa shape index (κ2) is 6.20. The molecule has 3 heterocycles. The van der Waals surface area contributed by atoms with Gasteiger partial charge in [0.05, 0.1) is 0 Å². The highest BCUT2D eigenvalue weighted by molar-refractivity contribution is 5.97. The molecule has 0 aromatic carbocycles. The number of carbonyl (C=O) groups is 2. The van der Waals surface area contributed by atoms with Crippen LogP contribution in [0.1, 0.15) is 47.2 Å². The predicted molar refractivity (Wildman–Crippen MR) is 82.8 cm³/mol. The molecule has 1 N–H and O–H groups in total. The summed E-state index contributed by atoms with van der Waals surface area (Å²) in [5.41, 5.74) is 0.747. The van der Waals surface area contributed by atoms with E-state index >= 15 is 0 Å². The Morgan fingerprint density at radius 1 is 1.18 bits per heavy atom. The van der Waals surface area contributed by atoms with Gasteiger partial charge in [-0.2, -0.15) is 5.10 Å². The number of hydrogen-bond donors (Lipinski definition) is 1. The zero-order chi connectivity index (χ0) is 15.7. The summed E-state index contributed by atoms with van der Waals surface area (Å²) in [6, 6.07) is 1.56. The number of amides is 1. The molecule has 1 atom stereocenters. The summed E-state index contributed by atoms with van der Waals surface area (Å²) in [5, 5.41) is 6.58. The van der Waals surface area contributed by atoms with Crippen molar-refractivity contribution in [1.29, 1.82) is 0 Å². The molecule has 0 saturated carbocycles. The Hall–Kier alpha value is -1.69. The highest BCUT2D eigenvalue weighted by Gasteiger charge is 2.32. The molecule has 1 aromatic rings. The third-order valence-electron chi connectivity index (χ3n) is 5.09. The number of aromatic amines is 1. The monoisotopic (exact) mass is 304 g/mol. The van der Waals surface area contributed by atoms with Gasteiger partial charge in [0.2, 0.25) is 0 Å². The summed E-state index contributed by atoms with van der Waals surface area (Å²) >= 11 is 0. The molecular formula is C16H24N4O2. The molecule has 6 nitrogen and oxygen atoms in total. The van der Waals surface area contributed by atoms with Gasteiger partial charge in [0, 0.05) is 26.6 Å². The largest absolute Gasteiger partial charge is 0.337 e. The average Bonchev–Trinajstić information content (AvgIpc) is 3.16. The highest BCUT2D eigenvalue weighted by Crippen LogP contribution is 2.31. The fraction of sp³-hybridized carbons (Fsp3) is 0.688. The number of Topliss-reactive ketones (excluding diaryl/α,β-unsaturated/α-hetero) is 1. The Morgan fingerprint density at radius 3 is 2.41 bits per heavy atom. The van der Waals surface area contributed by atoms with Gasteiger partial charge in [-0.3, -0.25) is 14.7 Å². The Kier molecular flexibility index (Phi) is 4.29. The zero-order valence-corrected chi connectivity index (χ0v) is 13.3. The first-order valence-electron chi connectivity index (χ1n) is 8.08. The van der Waals surface area contributed by atoms with E-state index in [0.717, 1.165) is 37.8 Å². The molecule has 1 amide bonds. The van der Waals surface area contributed by atoms with Crippen LogP contribution in [0.2, 0.25) is 0 Å². The van der Waals surface area contributed by atoms with Crippen LogP contribution in [0.25, 0.3) is 0 Å². The number of rotatable bonds is 3. The molecule has 120 valence electrons. The number of aromatic nitrogens is 2. The van der Waals surface area contributed by atoms with Crippen LogP contribution in [0.4, 0.5) is 0 Å². The molecule has 2 aliphatic heterocycles. The minimum atomic E-state index is -0.126. The minimum Gasteiger partial charge on any atom is -0.337 e. The fourth-order valence-corrected chi connectivity index (χ4v) is 3.71. The number of ketones is 1. The van der Waals surface area contributed by atoms with Crippen molar-refractivity contribution >= 4 is 11.7 Å². The molecule has 2 saturated heterocycles. The molecule has 1 aromatic heterocycles. The second-order valence-corrected chi connectivity index (χ2v) is 6.66. The van der Waals surface area contributed by atoms with E-state index in [1.807, 2.05) is 4.90 Å². The smallest absolute Gasteiger partial charge is 0.271 e. The quantitative estimate of drug-likeness (QED) is 0.857. The van der Waals surface area contributed by atoms with Gasteiger partial charge in [0.1, 0.15) is 11.4 Å². The van der Waals surface area contributed by atoms with Crippen molar-refractivity contribution < 1.29 is 9.59 Å². The summed E-state index contributed by atoms with van der Waals surface area (Å²) in [6.45, 7) is 5.46. The van der Waals surface area contributed by atoms with Gasteiger partial charge >= 0.3 is 0 Å². The first kappa shape index (κ1) is 15.2. The first-order valence-corrected chi connectivity index (χ1v) is 8.08. The van der Waals surface area contributed by atoms with Gasteiger partial charge in [-0.05, 0) is 50.8 Å². The molecule has 2 aliphatic rings. The van der Waals surface area contributed by atoms with E-state index < -0.39 is 0 Å². The van der Waals surface area contributed by atoms with Gasteiger partial charge in [0.15, 0.2) is 5.78 Å². The molecule has 3 rings (SSSR count). The molecular weight excluding hydrogens is 280 g/mol. The van der Waals surface area contributed by atoms with Gasteiger partial charge in [-0.15, -0.1) is 0 Å². The number of likely N-dealkylation sites (tertiary alicyclic amines) is 2. The molecule has 1 unspecified atom stereocenters. The van der Waals surface area contributed by atoms with Crippen LogP contribution in [0.15, 0.2) is 6.07 Å². The van der Waals surface area contributed by atoms with Crippen molar-refractivity contribution in [3.63, 3.8) is 0 Å². The van der Waals surface area contributed by atoms with Gasteiger partial charge in [-0.1, -0.05) is 0 Å². The van der Waals surface area contributed by atoms with Crippen molar-refractivity contribution in [2.45, 2.75) is 26.2 Å². The maximum atomic E-state index is 12.5. The van der Waals surface area contributed by atoms with Crippen LogP contribution < -0.4 is 0 Å². The molecule has 6 heteroatoms. The topological polar surface area (TPSA) is 69.3 Å². The van der Waals surface area contributed by atoms with Crippen LogP contribution in [0, 0.1) is 11.8 Å². The van der Waals surface area contributed by atoms with Crippen molar-refractivity contribution in [2.24, 2.45) is 11.8 Å². The molecule has 0 spiro atoms. The SMILES string of the molecule is CC(=O)c1cc(C(=O)N2CCC(C3CCN(C)C3)CC2)[nH]n1. The molecule has 0 bridgehead atoms. The second-order valence-electron chi connectivity index (χ2n) is 6.66. The molecule has 0 aliphatic carbocycles. The Morgan fingerprint density at radius 2 is 1.86 bits per heavy atom. The van der Waals surface area contributed by atoms with Crippen molar-refractivity contribution in [1.82, 2.24) is 20.0 Å². The van der Waals surface area contributed by atoms with Gasteiger partial charge in [-0.25, -0.2) is 0 Å². The van der Waals surface area contributed by atoms with Crippen molar-refractivity contribution in [3.8, 4) is 0 Å². The lowest BCUT2D eigenvalue weighted by Gasteiger charge is -2.34. The van der Waals surface area contributed by atoms with E-state index in [1.54, 1.807) is 6.07 Å². The van der Waals surface area contributed by atoms with Gasteiger partial charge in [0.25, 0.3) is 5.91 Å². The lowest BCUT2D eigenvalue weighted by atomic mass is 9.83. The Bertz CT molecular complexity index is 560. The highest BCUT2D eigenvalue weighted by atomic mass is 16.2. The number of nitrogens with zero attached hydrogens (tertiary/aromatic N) is 3. The maximum absolute atomic E-state index is 12.5. The van der Waals surface area contributed by atoms with Crippen molar-refractivity contribution in [2.75, 3.05) is 33.2 Å². The van der Waals surface area contributed by atoms with E-state index in [9.17, 15) is 9.59 Å². The number of H-pyrrole nitrogens is 1. The maximum Gasteiger partial charge on any atom is 0.271 e. The first-order chi connectivity index (χ1) is 10.5. The average molecular weight is 304 g/mol. The Balaban J connectivity index is 1.56. The summed E-state index contributed by atoms with van der Waals surface area (Å²) in [5.74, 6) is 1.36. The van der Waals surface area contributed by atoms with E-state index in [-0.39, 0.29) is 11.7 Å². The standard InChI is InChI=1S/C16H24N4O2/c1-11(21)14-9-15(18-17-14)16(22)20-7-4-12(5-8-20)13-3-6-19(2)10-13/h9,12-13H,3-8,10H2,1-2H3,(H,17,18). The zero-order valence-electron chi connectivity index (χ0n) is 13.3. The van der Waals surface area contributed by atoms with E-state index in [4.69, 9.17) is 0 Å². The van der Waals surface area contributed by atoms with Gasteiger partial charge < -0.3 is 9.80 Å². The molecule has 0 radical (unpaired) electrons. The lowest BCUT2D eigenvalue weighted by molar-refractivity contribution is 0.0654. The van der Waals surface area contributed by atoms with Crippen LogP contribution in [0.5, 0.6) is 0 Å². The van der Waals surface area contributed by atoms with E-state index in [1.165, 1.54) is 26.4 Å². The van der Waals surface area contributed by atoms with Crippen LogP contribution >= 0.6 is 0 Å². The number of piperidine rings is 1. The summed E-state index contributed by atoms with van der Waals surface area (Å²) < 4.78 is 0. The predicted octanol–water partition coefficient (Wildman–Crippen LogP) is 1.42. The minimum absolute atomic E-state index is 0.0398. The van der Waals surface area contributed by atoms with Crippen molar-refractivity contribution in [3.05, 3.63) is 17.5 Å². The summed E-state index contributed by atoms with van der Waals surface area (Å²) in [7, 11) is 2.18. The fourth-order valence-electron chi connectivity index (χ4n) is 3.71. The van der Waals surface area contributed by atoms with E-state index in [2.05, 4.69) is 22.1 Å². The molecule has 22 heavy (non-hydrogen) atoms. The lowest BCUT2D eigenvalue weighted by Crippen LogP contribution is -2.40. The number of carbonyl (C=O) groups excluding carboxylic acids is 2. The molecule has 2 fully saturated rings. The Labute approximate surface area is 130 Å². The van der Waals surface area contributed by atoms with Crippen LogP contribution in [-0.2, 0) is 0 Å². The number of nitrogens with one attached hydrogen (secondary N) is 1. The van der Waals surface area contributed by atoms with Crippen LogP contribution in [0.3, 0.4) is 0 Å². The summed E-state index contributed by atoms with van der Waals surface area (Å²) in [6.07, 6.45) is 3.45. The number of hydrogen-bond acceptors (Lipinski definition) is 4. The summed E-state index contributed by atoms with van der Waals surface area (Å²) in [4.78, 5) is 28.0. The normalized spacial score (nSPS) is 23.9. The van der Waals surface area contributed by atoms with Crippen LogP contribution in [-0.4, -0.2) is 64.9 Å². The van der Waals surface area contributed by atoms with E-state index in [0.29, 0.717) is 11.4 Å².